The van der Waals surface area contributed by atoms with Crippen molar-refractivity contribution in [2.45, 2.75) is 102 Å². The molecule has 2 aromatic rings. The Hall–Kier alpha value is -1.82. The van der Waals surface area contributed by atoms with Crippen molar-refractivity contribution in [1.29, 1.82) is 0 Å². The van der Waals surface area contributed by atoms with Gasteiger partial charge in [-0.15, -0.1) is 10.2 Å². The van der Waals surface area contributed by atoms with Gasteiger partial charge in [-0.2, -0.15) is 0 Å². The zero-order valence-electron chi connectivity index (χ0n) is 19.1. The van der Waals surface area contributed by atoms with Crippen LogP contribution in [0.15, 0.2) is 29.4 Å². The molecule has 1 aromatic carbocycles. The Morgan fingerprint density at radius 1 is 1.00 bits per heavy atom. The highest BCUT2D eigenvalue weighted by Gasteiger charge is 2.32. The second kappa shape index (κ2) is 10.7. The van der Waals surface area contributed by atoms with E-state index in [0.29, 0.717) is 23.7 Å². The number of carbonyl (C=O) groups is 1. The summed E-state index contributed by atoms with van der Waals surface area (Å²) in [4.78, 5) is 15.8. The maximum absolute atomic E-state index is 13.5. The molecule has 2 aliphatic rings. The molecule has 4 rings (SSSR count). The van der Waals surface area contributed by atoms with Crippen LogP contribution in [0.25, 0.3) is 11.4 Å². The molecule has 168 valence electrons. The van der Waals surface area contributed by atoms with Gasteiger partial charge in [-0.3, -0.25) is 4.79 Å². The number of rotatable bonds is 7. The molecule has 1 aromatic heterocycles. The molecule has 1 heterocycles. The summed E-state index contributed by atoms with van der Waals surface area (Å²) in [7, 11) is 0. The molecular weight excluding hydrogens is 404 g/mol. The van der Waals surface area contributed by atoms with Gasteiger partial charge in [0.1, 0.15) is 0 Å². The molecule has 5 nitrogen and oxygen atoms in total. The topological polar surface area (TPSA) is 51.0 Å². The van der Waals surface area contributed by atoms with E-state index in [-0.39, 0.29) is 0 Å². The van der Waals surface area contributed by atoms with Gasteiger partial charge in [0.05, 0.1) is 5.75 Å². The summed E-state index contributed by atoms with van der Waals surface area (Å²) in [6.07, 6.45) is 12.4. The molecule has 2 fully saturated rings. The summed E-state index contributed by atoms with van der Waals surface area (Å²) < 4.78 is 2.14. The number of amides is 1. The first-order valence-corrected chi connectivity index (χ1v) is 13.1. The van der Waals surface area contributed by atoms with Gasteiger partial charge < -0.3 is 9.47 Å². The maximum Gasteiger partial charge on any atom is 0.233 e. The largest absolute Gasteiger partial charge is 0.336 e. The molecule has 0 bridgehead atoms. The highest BCUT2D eigenvalue weighted by Crippen LogP contribution is 2.32. The third kappa shape index (κ3) is 5.16. The van der Waals surface area contributed by atoms with E-state index in [0.717, 1.165) is 23.1 Å². The van der Waals surface area contributed by atoms with E-state index in [1.807, 2.05) is 12.1 Å². The number of aryl methyl sites for hydroxylation is 1. The fourth-order valence-electron chi connectivity index (χ4n) is 5.33. The maximum atomic E-state index is 13.5. The van der Waals surface area contributed by atoms with Crippen molar-refractivity contribution in [3.63, 3.8) is 0 Å². The van der Waals surface area contributed by atoms with Crippen LogP contribution in [0.5, 0.6) is 0 Å². The lowest BCUT2D eigenvalue weighted by molar-refractivity contribution is -0.135. The van der Waals surface area contributed by atoms with Crippen molar-refractivity contribution in [3.05, 3.63) is 29.8 Å². The Bertz CT molecular complexity index is 850. The third-order valence-electron chi connectivity index (χ3n) is 6.97. The van der Waals surface area contributed by atoms with Gasteiger partial charge >= 0.3 is 0 Å². The van der Waals surface area contributed by atoms with Crippen molar-refractivity contribution in [3.8, 4) is 11.4 Å². The monoisotopic (exact) mass is 440 g/mol. The average molecular weight is 441 g/mol. The predicted molar refractivity (Wildman–Crippen MR) is 127 cm³/mol. The highest BCUT2D eigenvalue weighted by atomic mass is 32.2. The molecule has 0 saturated heterocycles. The van der Waals surface area contributed by atoms with Gasteiger partial charge in [0.15, 0.2) is 11.0 Å². The molecule has 0 radical (unpaired) electrons. The minimum Gasteiger partial charge on any atom is -0.336 e. The lowest BCUT2D eigenvalue weighted by Gasteiger charge is -2.41. The summed E-state index contributed by atoms with van der Waals surface area (Å²) >= 11 is 1.56. The molecule has 1 amide bonds. The lowest BCUT2D eigenvalue weighted by atomic mass is 9.88. The molecular formula is C25H36N4OS. The van der Waals surface area contributed by atoms with Crippen LogP contribution >= 0.6 is 11.8 Å². The normalized spacial score (nSPS) is 18.3. The van der Waals surface area contributed by atoms with Crippen molar-refractivity contribution in [2.24, 2.45) is 0 Å². The number of hydrogen-bond acceptors (Lipinski definition) is 4. The third-order valence-corrected chi connectivity index (χ3v) is 7.92. The molecule has 0 unspecified atom stereocenters. The number of benzene rings is 1. The van der Waals surface area contributed by atoms with Crippen LogP contribution in [0.3, 0.4) is 0 Å². The van der Waals surface area contributed by atoms with Crippen LogP contribution in [-0.2, 0) is 11.3 Å². The van der Waals surface area contributed by atoms with Crippen LogP contribution in [0.2, 0.25) is 0 Å². The summed E-state index contributed by atoms with van der Waals surface area (Å²) in [6, 6.07) is 9.17. The van der Waals surface area contributed by atoms with E-state index in [1.54, 1.807) is 11.8 Å². The fraction of sp³-hybridized carbons (Fsp3) is 0.640. The molecule has 0 spiro atoms. The van der Waals surface area contributed by atoms with Crippen LogP contribution in [0.1, 0.15) is 76.7 Å². The number of thioether (sulfide) groups is 1. The van der Waals surface area contributed by atoms with Crippen molar-refractivity contribution in [1.82, 2.24) is 19.7 Å². The summed E-state index contributed by atoms with van der Waals surface area (Å²) in [5, 5.41) is 9.80. The van der Waals surface area contributed by atoms with E-state index < -0.39 is 0 Å². The Labute approximate surface area is 191 Å². The highest BCUT2D eigenvalue weighted by molar-refractivity contribution is 7.99. The van der Waals surface area contributed by atoms with Crippen molar-refractivity contribution < 1.29 is 4.79 Å². The number of carbonyl (C=O) groups excluding carboxylic acids is 1. The summed E-state index contributed by atoms with van der Waals surface area (Å²) in [5.41, 5.74) is 2.30. The molecule has 0 N–H and O–H groups in total. The van der Waals surface area contributed by atoms with Crippen molar-refractivity contribution >= 4 is 17.7 Å². The molecule has 6 heteroatoms. The van der Waals surface area contributed by atoms with Crippen LogP contribution in [0, 0.1) is 6.92 Å². The predicted octanol–water partition coefficient (Wildman–Crippen LogP) is 5.86. The first-order chi connectivity index (χ1) is 15.2. The van der Waals surface area contributed by atoms with Crippen LogP contribution in [-0.4, -0.2) is 43.4 Å². The smallest absolute Gasteiger partial charge is 0.233 e. The van der Waals surface area contributed by atoms with Gasteiger partial charge in [0.2, 0.25) is 5.91 Å². The summed E-state index contributed by atoms with van der Waals surface area (Å²) in [6.45, 7) is 5.02. The zero-order chi connectivity index (χ0) is 21.6. The van der Waals surface area contributed by atoms with E-state index in [4.69, 9.17) is 0 Å². The quantitative estimate of drug-likeness (QED) is 0.506. The average Bonchev–Trinajstić information content (AvgIpc) is 3.22. The van der Waals surface area contributed by atoms with Crippen molar-refractivity contribution in [2.75, 3.05) is 5.75 Å². The SMILES string of the molecule is CCn1c(SCC(=O)N(C2CCCCC2)C2CCCCC2)nnc1-c1ccccc1C. The minimum atomic E-state index is 0.298. The second-order valence-corrected chi connectivity index (χ2v) is 9.98. The molecule has 0 atom stereocenters. The summed E-state index contributed by atoms with van der Waals surface area (Å²) in [5.74, 6) is 1.65. The minimum absolute atomic E-state index is 0.298. The van der Waals surface area contributed by atoms with Gasteiger partial charge in [-0.25, -0.2) is 0 Å². The van der Waals surface area contributed by atoms with E-state index in [9.17, 15) is 4.79 Å². The Balaban J connectivity index is 1.49. The zero-order valence-corrected chi connectivity index (χ0v) is 19.9. The first-order valence-electron chi connectivity index (χ1n) is 12.1. The Kier molecular flexibility index (Phi) is 7.70. The second-order valence-electron chi connectivity index (χ2n) is 9.04. The van der Waals surface area contributed by atoms with E-state index in [2.05, 4.69) is 45.6 Å². The van der Waals surface area contributed by atoms with E-state index in [1.165, 1.54) is 69.8 Å². The molecule has 0 aliphatic heterocycles. The standard InChI is InChI=1S/C25H36N4OS/c1-3-28-24(22-17-11-10-12-19(22)2)26-27-25(28)31-18-23(30)29(20-13-6-4-7-14-20)21-15-8-5-9-16-21/h10-12,17,20-21H,3-9,13-16,18H2,1-2H3. The number of hydrogen-bond donors (Lipinski definition) is 0. The van der Waals surface area contributed by atoms with Gasteiger partial charge in [-0.1, -0.05) is 74.6 Å². The van der Waals surface area contributed by atoms with Gasteiger partial charge in [0, 0.05) is 24.2 Å². The Morgan fingerprint density at radius 2 is 1.61 bits per heavy atom. The van der Waals surface area contributed by atoms with E-state index >= 15 is 0 Å². The van der Waals surface area contributed by atoms with Crippen LogP contribution < -0.4 is 0 Å². The Morgan fingerprint density at radius 3 is 2.19 bits per heavy atom. The van der Waals surface area contributed by atoms with Gasteiger partial charge in [0.25, 0.3) is 0 Å². The van der Waals surface area contributed by atoms with Crippen LogP contribution in [0.4, 0.5) is 0 Å². The molecule has 2 aliphatic carbocycles. The number of nitrogens with zero attached hydrogens (tertiary/aromatic N) is 4. The lowest BCUT2D eigenvalue weighted by Crippen LogP contribution is -2.49. The fourth-order valence-corrected chi connectivity index (χ4v) is 6.20. The molecule has 2 saturated carbocycles. The molecule has 31 heavy (non-hydrogen) atoms. The van der Waals surface area contributed by atoms with Gasteiger partial charge in [-0.05, 0) is 45.1 Å². The first kappa shape index (κ1) is 22.4. The number of aromatic nitrogens is 3.